The third-order valence-electron chi connectivity index (χ3n) is 2.17. The Hall–Kier alpha value is -0.250. The molecule has 0 bridgehead atoms. The van der Waals surface area contributed by atoms with Crippen molar-refractivity contribution >= 4 is 30.9 Å². The number of hydrogen-bond donors (Lipinski definition) is 0. The summed E-state index contributed by atoms with van der Waals surface area (Å²) in [6, 6.07) is 0. The quantitative estimate of drug-likeness (QED) is 0.458. The van der Waals surface area contributed by atoms with Crippen molar-refractivity contribution in [3.63, 3.8) is 0 Å². The first-order valence-corrected chi connectivity index (χ1v) is 10.7. The maximum atomic E-state index is 11.4. The molecule has 0 aromatic carbocycles. The summed E-state index contributed by atoms with van der Waals surface area (Å²) in [5, 5.41) is 0. The van der Waals surface area contributed by atoms with Gasteiger partial charge in [0, 0.05) is 7.11 Å². The van der Waals surface area contributed by atoms with Crippen LogP contribution >= 0.6 is 0 Å². The lowest BCUT2D eigenvalue weighted by molar-refractivity contribution is -0.0444. The monoisotopic (exact) mass is 429 g/mol. The van der Waals surface area contributed by atoms with Gasteiger partial charge in [0.15, 0.2) is 20.0 Å². The smallest absolute Gasteiger partial charge is 0.421 e. The Labute approximate surface area is 139 Å². The highest BCUT2D eigenvalue weighted by Crippen LogP contribution is 2.36. The molecule has 0 atom stereocenters. The summed E-state index contributed by atoms with van der Waals surface area (Å²) in [7, 11) is -11.0. The number of methoxy groups -OCH3 is 1. The van der Waals surface area contributed by atoms with Crippen LogP contribution in [0, 0.1) is 0 Å². The first-order chi connectivity index (χ1) is 10.6. The van der Waals surface area contributed by atoms with Gasteiger partial charge in [-0.05, 0) is 24.7 Å². The highest BCUT2D eigenvalue weighted by molar-refractivity contribution is 8.13. The normalized spacial score (nSPS) is 13.6. The van der Waals surface area contributed by atoms with Crippen LogP contribution in [0.15, 0.2) is 0 Å². The minimum absolute atomic E-state index is 0.637. The molecule has 0 aliphatic heterocycles. The average molecular weight is 429 g/mol. The number of alkyl halides is 6. The zero-order valence-electron chi connectivity index (χ0n) is 12.8. The Morgan fingerprint density at radius 1 is 0.875 bits per heavy atom. The zero-order chi connectivity index (χ0) is 19.8. The molecule has 0 aliphatic rings. The van der Waals surface area contributed by atoms with E-state index in [1.165, 1.54) is 17.3 Å². The average Bonchev–Trinajstić information content (AvgIpc) is 2.37. The van der Waals surface area contributed by atoms with E-state index in [2.05, 4.69) is 13.8 Å². The van der Waals surface area contributed by atoms with Crippen LogP contribution < -0.4 is 0 Å². The SMILES string of the molecule is CC[S+](CC)CCOC.O=S(=O)([N-]S(=O)(=O)C(F)(F)F)C(F)(F)F. The van der Waals surface area contributed by atoms with E-state index in [4.69, 9.17) is 4.74 Å². The Balaban J connectivity index is 0. The topological polar surface area (TPSA) is 91.6 Å². The van der Waals surface area contributed by atoms with Gasteiger partial charge in [-0.15, -0.1) is 0 Å². The fourth-order valence-electron chi connectivity index (χ4n) is 0.908. The molecule has 148 valence electrons. The molecule has 0 amide bonds. The zero-order valence-corrected chi connectivity index (χ0v) is 15.3. The van der Waals surface area contributed by atoms with Gasteiger partial charge in [0.05, 0.1) is 6.61 Å². The maximum Gasteiger partial charge on any atom is 0.480 e. The highest BCUT2D eigenvalue weighted by Gasteiger charge is 2.46. The van der Waals surface area contributed by atoms with Crippen LogP contribution in [0.1, 0.15) is 13.8 Å². The molecule has 0 aromatic rings. The number of nitrogens with zero attached hydrogens (tertiary/aromatic N) is 1. The first kappa shape index (κ1) is 26.0. The van der Waals surface area contributed by atoms with Gasteiger partial charge >= 0.3 is 11.0 Å². The van der Waals surface area contributed by atoms with Crippen molar-refractivity contribution in [1.29, 1.82) is 0 Å². The number of halogens is 6. The Kier molecular flexibility index (Phi) is 10.9. The van der Waals surface area contributed by atoms with Gasteiger partial charge in [0.2, 0.25) is 0 Å². The molecule has 0 aromatic heterocycles. The second kappa shape index (κ2) is 10.0. The predicted octanol–water partition coefficient (Wildman–Crippen LogP) is 2.35. The van der Waals surface area contributed by atoms with Crippen molar-refractivity contribution in [2.45, 2.75) is 24.9 Å². The fraction of sp³-hybridized carbons (Fsp3) is 1.00. The Morgan fingerprint density at radius 3 is 1.42 bits per heavy atom. The summed E-state index contributed by atoms with van der Waals surface area (Å²) in [4.78, 5) is 0. The summed E-state index contributed by atoms with van der Waals surface area (Å²) in [6.07, 6.45) is 0. The van der Waals surface area contributed by atoms with Crippen LogP contribution in [0.3, 0.4) is 0 Å². The van der Waals surface area contributed by atoms with Crippen molar-refractivity contribution in [3.05, 3.63) is 4.13 Å². The van der Waals surface area contributed by atoms with E-state index < -0.39 is 31.1 Å². The molecular weight excluding hydrogens is 412 g/mol. The molecule has 0 radical (unpaired) electrons. The largest absolute Gasteiger partial charge is 0.480 e. The summed E-state index contributed by atoms with van der Waals surface area (Å²) < 4.78 is 114. The van der Waals surface area contributed by atoms with Crippen LogP contribution in [0.5, 0.6) is 0 Å². The summed E-state index contributed by atoms with van der Waals surface area (Å²) in [5.41, 5.74) is -12.4. The molecule has 0 fully saturated rings. The Morgan fingerprint density at radius 2 is 1.21 bits per heavy atom. The molecule has 24 heavy (non-hydrogen) atoms. The predicted molar refractivity (Wildman–Crippen MR) is 78.5 cm³/mol. The fourth-order valence-corrected chi connectivity index (χ4v) is 4.01. The third-order valence-corrected chi connectivity index (χ3v) is 7.29. The molecule has 0 saturated heterocycles. The molecular formula is C9H17F6NO5S3. The van der Waals surface area contributed by atoms with Crippen LogP contribution in [-0.4, -0.2) is 58.8 Å². The van der Waals surface area contributed by atoms with Crippen molar-refractivity contribution in [3.8, 4) is 0 Å². The highest BCUT2D eigenvalue weighted by atomic mass is 32.3. The summed E-state index contributed by atoms with van der Waals surface area (Å²) in [5.74, 6) is 3.89. The molecule has 0 spiro atoms. The van der Waals surface area contributed by atoms with Gasteiger partial charge in [-0.25, -0.2) is 16.8 Å². The molecule has 0 rings (SSSR count). The van der Waals surface area contributed by atoms with Crippen molar-refractivity contribution in [2.75, 3.05) is 31.0 Å². The Bertz CT molecular complexity index is 511. The van der Waals surface area contributed by atoms with Crippen molar-refractivity contribution < 1.29 is 47.9 Å². The minimum atomic E-state index is -6.72. The third kappa shape index (κ3) is 9.29. The lowest BCUT2D eigenvalue weighted by Gasteiger charge is -2.22. The van der Waals surface area contributed by atoms with E-state index in [1.807, 2.05) is 0 Å². The molecule has 6 nitrogen and oxygen atoms in total. The molecule has 0 heterocycles. The number of hydrogen-bond acceptors (Lipinski definition) is 5. The van der Waals surface area contributed by atoms with Crippen LogP contribution in [0.4, 0.5) is 26.3 Å². The van der Waals surface area contributed by atoms with Crippen molar-refractivity contribution in [1.82, 2.24) is 0 Å². The van der Waals surface area contributed by atoms with Gasteiger partial charge in [-0.3, -0.25) is 0 Å². The second-order valence-corrected chi connectivity index (χ2v) is 10.0. The van der Waals surface area contributed by atoms with E-state index in [1.54, 1.807) is 7.11 Å². The van der Waals surface area contributed by atoms with Crippen LogP contribution in [0.2, 0.25) is 0 Å². The van der Waals surface area contributed by atoms with Gasteiger partial charge in [0.1, 0.15) is 17.3 Å². The van der Waals surface area contributed by atoms with E-state index in [0.29, 0.717) is 10.9 Å². The van der Waals surface area contributed by atoms with Gasteiger partial charge in [-0.2, -0.15) is 26.3 Å². The summed E-state index contributed by atoms with van der Waals surface area (Å²) in [6.45, 7) is 5.44. The molecule has 0 aliphatic carbocycles. The van der Waals surface area contributed by atoms with E-state index in [9.17, 15) is 43.2 Å². The number of sulfonamides is 2. The first-order valence-electron chi connectivity index (χ1n) is 6.05. The lowest BCUT2D eigenvalue weighted by Crippen LogP contribution is -2.30. The standard InChI is InChI=1S/C7H17OS.C2F6NO4S2/c1-4-9(5-2)7-6-8-3;3-1(4,5)14(10,11)9-15(12,13)2(6,7)8/h4-7H2,1-3H3;/q+1;-1. The molecule has 15 heteroatoms. The minimum Gasteiger partial charge on any atom is -0.421 e. The van der Waals surface area contributed by atoms with E-state index in [-0.39, 0.29) is 0 Å². The van der Waals surface area contributed by atoms with Gasteiger partial charge < -0.3 is 8.86 Å². The number of rotatable bonds is 7. The van der Waals surface area contributed by atoms with Crippen LogP contribution in [-0.2, 0) is 35.7 Å². The summed E-state index contributed by atoms with van der Waals surface area (Å²) >= 11 is 0. The van der Waals surface area contributed by atoms with Gasteiger partial charge in [0.25, 0.3) is 0 Å². The second-order valence-electron chi connectivity index (χ2n) is 3.80. The number of ether oxygens (including phenoxy) is 1. The van der Waals surface area contributed by atoms with E-state index >= 15 is 0 Å². The van der Waals surface area contributed by atoms with Crippen molar-refractivity contribution in [2.24, 2.45) is 0 Å². The lowest BCUT2D eigenvalue weighted by atomic mass is 10.9. The van der Waals surface area contributed by atoms with Gasteiger partial charge in [-0.1, -0.05) is 0 Å². The van der Waals surface area contributed by atoms with Crippen LogP contribution in [0.25, 0.3) is 4.13 Å². The maximum absolute atomic E-state index is 11.4. The molecule has 0 unspecified atom stereocenters. The molecule has 0 saturated carbocycles. The molecule has 0 N–H and O–H groups in total. The van der Waals surface area contributed by atoms with E-state index in [0.717, 1.165) is 10.7 Å².